The van der Waals surface area contributed by atoms with Crippen LogP contribution in [0.5, 0.6) is 0 Å². The molecule has 14 heavy (non-hydrogen) atoms. The molecule has 0 aliphatic rings. The second-order valence-electron chi connectivity index (χ2n) is 3.34. The van der Waals surface area contributed by atoms with Gasteiger partial charge in [-0.3, -0.25) is 4.99 Å². The fraction of sp³-hybridized carbons (Fsp3) is 0.417. The van der Waals surface area contributed by atoms with E-state index in [1.54, 1.807) is 0 Å². The van der Waals surface area contributed by atoms with Gasteiger partial charge in [0, 0.05) is 0 Å². The molecule has 1 nitrogen and oxygen atoms in total. The Hall–Kier alpha value is -0.820. The molecule has 0 saturated carbocycles. The molecule has 76 valence electrons. The summed E-state index contributed by atoms with van der Waals surface area (Å²) in [5, 5.41) is 0.726. The molecule has 0 fully saturated rings. The lowest BCUT2D eigenvalue weighted by Gasteiger charge is -2.07. The molecular formula is C12H16ClN. The monoisotopic (exact) mass is 209 g/mol. The van der Waals surface area contributed by atoms with Crippen molar-refractivity contribution in [2.45, 2.75) is 32.7 Å². The van der Waals surface area contributed by atoms with Crippen LogP contribution in [0, 0.1) is 0 Å². The molecule has 0 aliphatic carbocycles. The number of nitrogens with zero attached hydrogens (tertiary/aromatic N) is 1. The Morgan fingerprint density at radius 2 is 2.00 bits per heavy atom. The van der Waals surface area contributed by atoms with E-state index in [9.17, 15) is 0 Å². The molecule has 2 heteroatoms. The second kappa shape index (κ2) is 5.82. The van der Waals surface area contributed by atoms with E-state index in [1.165, 1.54) is 5.56 Å². The van der Waals surface area contributed by atoms with Gasteiger partial charge in [0.1, 0.15) is 5.17 Å². The molecule has 0 radical (unpaired) electrons. The van der Waals surface area contributed by atoms with Crippen LogP contribution in [0.25, 0.3) is 0 Å². The van der Waals surface area contributed by atoms with E-state index in [1.807, 2.05) is 18.2 Å². The van der Waals surface area contributed by atoms with Crippen LogP contribution >= 0.6 is 11.6 Å². The van der Waals surface area contributed by atoms with Crippen LogP contribution in [0.2, 0.25) is 0 Å². The van der Waals surface area contributed by atoms with Gasteiger partial charge >= 0.3 is 0 Å². The average Bonchev–Trinajstić information content (AvgIpc) is 2.19. The minimum absolute atomic E-state index is 0.162. The normalized spacial score (nSPS) is 14.1. The first-order valence-electron chi connectivity index (χ1n) is 5.01. The lowest BCUT2D eigenvalue weighted by atomic mass is 10.1. The minimum atomic E-state index is 0.162. The van der Waals surface area contributed by atoms with Gasteiger partial charge in [-0.05, 0) is 25.3 Å². The molecule has 0 amide bonds. The van der Waals surface area contributed by atoms with Gasteiger partial charge in [-0.25, -0.2) is 0 Å². The van der Waals surface area contributed by atoms with E-state index in [4.69, 9.17) is 11.6 Å². The van der Waals surface area contributed by atoms with Crippen molar-refractivity contribution >= 4 is 16.8 Å². The molecule has 0 unspecified atom stereocenters. The molecule has 1 aromatic rings. The zero-order valence-electron chi connectivity index (χ0n) is 8.70. The highest BCUT2D eigenvalue weighted by molar-refractivity contribution is 6.65. The Balaban J connectivity index is 2.67. The molecule has 1 aromatic carbocycles. The maximum Gasteiger partial charge on any atom is 0.101 e. The fourth-order valence-corrected chi connectivity index (χ4v) is 1.62. The summed E-state index contributed by atoms with van der Waals surface area (Å²) < 4.78 is 0. The highest BCUT2D eigenvalue weighted by Gasteiger charge is 2.02. The van der Waals surface area contributed by atoms with Crippen molar-refractivity contribution < 1.29 is 0 Å². The predicted molar refractivity (Wildman–Crippen MR) is 63.1 cm³/mol. The van der Waals surface area contributed by atoms with Gasteiger partial charge in [0.15, 0.2) is 0 Å². The van der Waals surface area contributed by atoms with Gasteiger partial charge in [0.05, 0.1) is 6.04 Å². The van der Waals surface area contributed by atoms with E-state index < -0.39 is 0 Å². The summed E-state index contributed by atoms with van der Waals surface area (Å²) in [6.07, 6.45) is 1.92. The molecule has 1 rings (SSSR count). The van der Waals surface area contributed by atoms with E-state index >= 15 is 0 Å². The lowest BCUT2D eigenvalue weighted by molar-refractivity contribution is 0.814. The van der Waals surface area contributed by atoms with Gasteiger partial charge in [-0.1, -0.05) is 48.9 Å². The molecular weight excluding hydrogens is 194 g/mol. The van der Waals surface area contributed by atoms with E-state index in [-0.39, 0.29) is 6.04 Å². The molecule has 0 spiro atoms. The van der Waals surface area contributed by atoms with Crippen LogP contribution in [0.4, 0.5) is 0 Å². The topological polar surface area (TPSA) is 12.4 Å². The summed E-state index contributed by atoms with van der Waals surface area (Å²) in [5.74, 6) is 0. The summed E-state index contributed by atoms with van der Waals surface area (Å²) in [5.41, 5.74) is 1.21. The summed E-state index contributed by atoms with van der Waals surface area (Å²) in [7, 11) is 0. The van der Waals surface area contributed by atoms with Gasteiger partial charge < -0.3 is 0 Å². The van der Waals surface area contributed by atoms with Crippen LogP contribution in [-0.4, -0.2) is 5.17 Å². The van der Waals surface area contributed by atoms with Crippen LogP contribution < -0.4 is 0 Å². The van der Waals surface area contributed by atoms with Crippen molar-refractivity contribution in [1.29, 1.82) is 0 Å². The van der Waals surface area contributed by atoms with Crippen molar-refractivity contribution in [3.8, 4) is 0 Å². The van der Waals surface area contributed by atoms with Crippen molar-refractivity contribution in [3.63, 3.8) is 0 Å². The molecule has 0 saturated heterocycles. The Labute approximate surface area is 90.8 Å². The van der Waals surface area contributed by atoms with E-state index in [0.717, 1.165) is 18.0 Å². The van der Waals surface area contributed by atoms with Crippen LogP contribution in [0.3, 0.4) is 0 Å². The van der Waals surface area contributed by atoms with Crippen molar-refractivity contribution in [2.24, 2.45) is 4.99 Å². The fourth-order valence-electron chi connectivity index (χ4n) is 1.29. The first-order valence-corrected chi connectivity index (χ1v) is 5.39. The second-order valence-corrected chi connectivity index (χ2v) is 3.78. The zero-order valence-corrected chi connectivity index (χ0v) is 9.46. The third-order valence-corrected chi connectivity index (χ3v) is 2.36. The highest BCUT2D eigenvalue weighted by Crippen LogP contribution is 2.17. The van der Waals surface area contributed by atoms with Gasteiger partial charge in [-0.15, -0.1) is 0 Å². The quantitative estimate of drug-likeness (QED) is 0.660. The smallest absolute Gasteiger partial charge is 0.101 e. The molecule has 0 N–H and O–H groups in total. The first kappa shape index (κ1) is 11.3. The highest BCUT2D eigenvalue weighted by atomic mass is 35.5. The molecule has 0 bridgehead atoms. The Bertz CT molecular complexity index is 292. The Kier molecular flexibility index (Phi) is 4.68. The molecule has 0 aliphatic heterocycles. The first-order chi connectivity index (χ1) is 6.74. The molecule has 0 heterocycles. The van der Waals surface area contributed by atoms with Gasteiger partial charge in [0.2, 0.25) is 0 Å². The maximum atomic E-state index is 5.98. The predicted octanol–water partition coefficient (Wildman–Crippen LogP) is 4.19. The van der Waals surface area contributed by atoms with Gasteiger partial charge in [-0.2, -0.15) is 0 Å². The van der Waals surface area contributed by atoms with Gasteiger partial charge in [0.25, 0.3) is 0 Å². The summed E-state index contributed by atoms with van der Waals surface area (Å²) in [6.45, 7) is 4.17. The summed E-state index contributed by atoms with van der Waals surface area (Å²) in [6, 6.07) is 10.4. The SMILES string of the molecule is CCCC(Cl)=N[C@@H](C)c1ccccc1. The van der Waals surface area contributed by atoms with Crippen molar-refractivity contribution in [2.75, 3.05) is 0 Å². The van der Waals surface area contributed by atoms with Crippen LogP contribution in [0.15, 0.2) is 35.3 Å². The van der Waals surface area contributed by atoms with E-state index in [2.05, 4.69) is 31.0 Å². The number of hydrogen-bond donors (Lipinski definition) is 0. The maximum absolute atomic E-state index is 5.98. The third-order valence-electron chi connectivity index (χ3n) is 2.07. The van der Waals surface area contributed by atoms with E-state index in [0.29, 0.717) is 0 Å². The number of aliphatic imine (C=N–C) groups is 1. The molecule has 0 aromatic heterocycles. The van der Waals surface area contributed by atoms with Crippen molar-refractivity contribution in [3.05, 3.63) is 35.9 Å². The number of halogens is 1. The Morgan fingerprint density at radius 3 is 2.57 bits per heavy atom. The average molecular weight is 210 g/mol. The largest absolute Gasteiger partial charge is 0.270 e. The number of rotatable bonds is 4. The zero-order chi connectivity index (χ0) is 10.4. The lowest BCUT2D eigenvalue weighted by Crippen LogP contribution is -1.94. The Morgan fingerprint density at radius 1 is 1.36 bits per heavy atom. The number of benzene rings is 1. The minimum Gasteiger partial charge on any atom is -0.270 e. The van der Waals surface area contributed by atoms with Crippen molar-refractivity contribution in [1.82, 2.24) is 0 Å². The summed E-state index contributed by atoms with van der Waals surface area (Å²) in [4.78, 5) is 4.42. The molecule has 1 atom stereocenters. The summed E-state index contributed by atoms with van der Waals surface area (Å²) >= 11 is 5.98. The third kappa shape index (κ3) is 3.51. The van der Waals surface area contributed by atoms with Crippen LogP contribution in [-0.2, 0) is 0 Å². The number of hydrogen-bond acceptors (Lipinski definition) is 1. The van der Waals surface area contributed by atoms with Crippen LogP contribution in [0.1, 0.15) is 38.3 Å². The standard InChI is InChI=1S/C12H16ClN/c1-3-7-12(13)14-10(2)11-8-5-4-6-9-11/h4-6,8-10H,3,7H2,1-2H3/t10-/m0/s1.